The van der Waals surface area contributed by atoms with E-state index >= 15 is 0 Å². The molecule has 10 heteroatoms. The van der Waals surface area contributed by atoms with E-state index in [1.54, 1.807) is 24.5 Å². The molecule has 148 valence electrons. The fraction of sp³-hybridized carbons (Fsp3) is 0.389. The van der Waals surface area contributed by atoms with E-state index in [-0.39, 0.29) is 37.4 Å². The highest BCUT2D eigenvalue weighted by atomic mass is 16.4. The Balaban J connectivity index is 1.62. The highest BCUT2D eigenvalue weighted by Gasteiger charge is 2.36. The zero-order valence-electron chi connectivity index (χ0n) is 15.5. The lowest BCUT2D eigenvalue weighted by atomic mass is 10.1. The molecule has 28 heavy (non-hydrogen) atoms. The van der Waals surface area contributed by atoms with Gasteiger partial charge in [-0.3, -0.25) is 9.59 Å². The van der Waals surface area contributed by atoms with Crippen molar-refractivity contribution in [3.05, 3.63) is 41.0 Å². The number of rotatable bonds is 5. The number of aromatic nitrogens is 3. The highest BCUT2D eigenvalue weighted by molar-refractivity contribution is 5.97. The Morgan fingerprint density at radius 3 is 2.68 bits per heavy atom. The van der Waals surface area contributed by atoms with Crippen molar-refractivity contribution in [1.29, 1.82) is 0 Å². The van der Waals surface area contributed by atoms with E-state index in [9.17, 15) is 24.6 Å². The second kappa shape index (κ2) is 7.67. The lowest BCUT2D eigenvalue weighted by Crippen LogP contribution is -2.51. The maximum Gasteiger partial charge on any atom is 0.328 e. The molecular formula is C18H21N5O5. The molecule has 2 amide bonds. The Bertz CT molecular complexity index is 938. The third kappa shape index (κ3) is 3.80. The summed E-state index contributed by atoms with van der Waals surface area (Å²) in [6.45, 7) is 3.66. The number of nitrogens with one attached hydrogen (secondary N) is 1. The summed E-state index contributed by atoms with van der Waals surface area (Å²) >= 11 is 0. The Labute approximate surface area is 160 Å². The predicted octanol–water partition coefficient (Wildman–Crippen LogP) is 0.216. The van der Waals surface area contributed by atoms with Crippen LogP contribution in [0.15, 0.2) is 18.2 Å². The van der Waals surface area contributed by atoms with E-state index in [1.807, 2.05) is 0 Å². The van der Waals surface area contributed by atoms with Crippen molar-refractivity contribution >= 4 is 17.8 Å². The van der Waals surface area contributed by atoms with Gasteiger partial charge in [-0.15, -0.1) is 10.2 Å². The fourth-order valence-corrected chi connectivity index (χ4v) is 3.14. The molecule has 0 fully saturated rings. The van der Waals surface area contributed by atoms with Crippen molar-refractivity contribution in [1.82, 2.24) is 25.0 Å². The maximum atomic E-state index is 12.6. The quantitative estimate of drug-likeness (QED) is 0.667. The second-order valence-electron chi connectivity index (χ2n) is 6.68. The summed E-state index contributed by atoms with van der Waals surface area (Å²) in [6.07, 6.45) is -0.0741. The van der Waals surface area contributed by atoms with Crippen molar-refractivity contribution in [2.75, 3.05) is 6.54 Å². The standard InChI is InChI=1S/C18H21N5O5/c1-10-3-4-12(14(24)7-10)17(26)19-6-5-16(25)23-9-15-21-20-11(2)22(15)8-13(23)18(27)28/h3-4,7,13,24H,5-6,8-9H2,1-2H3,(H,19,26)(H,27,28). The Kier molecular flexibility index (Phi) is 5.30. The smallest absolute Gasteiger partial charge is 0.328 e. The van der Waals surface area contributed by atoms with Gasteiger partial charge in [0.1, 0.15) is 17.6 Å². The van der Waals surface area contributed by atoms with Gasteiger partial charge in [0.15, 0.2) is 5.82 Å². The van der Waals surface area contributed by atoms with Gasteiger partial charge < -0.3 is 25.0 Å². The summed E-state index contributed by atoms with van der Waals surface area (Å²) in [6, 6.07) is 3.65. The number of fused-ring (bicyclic) bond motifs is 1. The Morgan fingerprint density at radius 1 is 1.25 bits per heavy atom. The molecule has 3 rings (SSSR count). The normalized spacial score (nSPS) is 15.8. The minimum absolute atomic E-state index is 0.0134. The summed E-state index contributed by atoms with van der Waals surface area (Å²) in [7, 11) is 0. The van der Waals surface area contributed by atoms with Crippen molar-refractivity contribution in [2.45, 2.75) is 39.4 Å². The van der Waals surface area contributed by atoms with Crippen LogP contribution in [0.1, 0.15) is 34.0 Å². The average Bonchev–Trinajstić information content (AvgIpc) is 3.00. The van der Waals surface area contributed by atoms with Crippen molar-refractivity contribution in [2.24, 2.45) is 0 Å². The van der Waals surface area contributed by atoms with Crippen molar-refractivity contribution in [3.63, 3.8) is 0 Å². The number of benzene rings is 1. The number of nitrogens with zero attached hydrogens (tertiary/aromatic N) is 4. The number of carbonyl (C=O) groups is 3. The molecule has 3 N–H and O–H groups in total. The zero-order chi connectivity index (χ0) is 20.4. The van der Waals surface area contributed by atoms with Gasteiger partial charge in [-0.05, 0) is 31.5 Å². The molecule has 10 nitrogen and oxygen atoms in total. The first-order valence-electron chi connectivity index (χ1n) is 8.76. The van der Waals surface area contributed by atoms with E-state index in [4.69, 9.17) is 0 Å². The number of phenols is 1. The minimum Gasteiger partial charge on any atom is -0.507 e. The number of aromatic hydroxyl groups is 1. The fourth-order valence-electron chi connectivity index (χ4n) is 3.14. The van der Waals surface area contributed by atoms with Crippen LogP contribution in [0.3, 0.4) is 0 Å². The molecule has 1 atom stereocenters. The van der Waals surface area contributed by atoms with E-state index in [0.29, 0.717) is 11.6 Å². The number of phenolic OH excluding ortho intramolecular Hbond substituents is 1. The first-order valence-corrected chi connectivity index (χ1v) is 8.76. The highest BCUT2D eigenvalue weighted by Crippen LogP contribution is 2.20. The van der Waals surface area contributed by atoms with Crippen LogP contribution in [0.5, 0.6) is 5.75 Å². The number of hydrogen-bond donors (Lipinski definition) is 3. The molecule has 1 aromatic heterocycles. The summed E-state index contributed by atoms with van der Waals surface area (Å²) in [5.41, 5.74) is 0.931. The molecule has 1 aliphatic rings. The lowest BCUT2D eigenvalue weighted by molar-refractivity contribution is -0.152. The van der Waals surface area contributed by atoms with E-state index in [1.165, 1.54) is 17.0 Å². The van der Waals surface area contributed by atoms with Gasteiger partial charge in [0.05, 0.1) is 18.7 Å². The molecule has 0 aliphatic carbocycles. The molecule has 0 radical (unpaired) electrons. The summed E-state index contributed by atoms with van der Waals surface area (Å²) < 4.78 is 1.69. The van der Waals surface area contributed by atoms with E-state index in [0.717, 1.165) is 5.56 Å². The third-order valence-corrected chi connectivity index (χ3v) is 4.68. The van der Waals surface area contributed by atoms with Crippen LogP contribution in [0.25, 0.3) is 0 Å². The third-order valence-electron chi connectivity index (χ3n) is 4.68. The van der Waals surface area contributed by atoms with E-state index < -0.39 is 23.8 Å². The van der Waals surface area contributed by atoms with Gasteiger partial charge in [-0.25, -0.2) is 4.79 Å². The van der Waals surface area contributed by atoms with Crippen LogP contribution >= 0.6 is 0 Å². The van der Waals surface area contributed by atoms with Crippen LogP contribution in [0, 0.1) is 13.8 Å². The molecule has 1 unspecified atom stereocenters. The number of carboxylic acids is 1. The first kappa shape index (κ1) is 19.3. The van der Waals surface area contributed by atoms with Crippen LogP contribution < -0.4 is 5.32 Å². The van der Waals surface area contributed by atoms with Gasteiger partial charge in [0.2, 0.25) is 5.91 Å². The molecular weight excluding hydrogens is 366 g/mol. The van der Waals surface area contributed by atoms with Gasteiger partial charge in [0, 0.05) is 13.0 Å². The number of hydrogen-bond acceptors (Lipinski definition) is 6. The Morgan fingerprint density at radius 2 is 2.00 bits per heavy atom. The van der Waals surface area contributed by atoms with Crippen LogP contribution in [0.2, 0.25) is 0 Å². The zero-order valence-corrected chi connectivity index (χ0v) is 15.5. The number of carbonyl (C=O) groups excluding carboxylic acids is 2. The number of amides is 2. The molecule has 0 saturated carbocycles. The monoisotopic (exact) mass is 387 g/mol. The molecule has 0 bridgehead atoms. The topological polar surface area (TPSA) is 138 Å². The number of aliphatic carboxylic acids is 1. The molecule has 2 aromatic rings. The van der Waals surface area contributed by atoms with Crippen LogP contribution in [-0.2, 0) is 22.7 Å². The minimum atomic E-state index is -1.11. The average molecular weight is 387 g/mol. The molecule has 0 spiro atoms. The predicted molar refractivity (Wildman–Crippen MR) is 96.5 cm³/mol. The summed E-state index contributed by atoms with van der Waals surface area (Å²) in [5.74, 6) is -1.04. The van der Waals surface area contributed by atoms with Crippen LogP contribution in [-0.4, -0.2) is 60.2 Å². The summed E-state index contributed by atoms with van der Waals surface area (Å²) in [5, 5.41) is 29.8. The summed E-state index contributed by atoms with van der Waals surface area (Å²) in [4.78, 5) is 37.6. The number of aryl methyl sites for hydroxylation is 2. The van der Waals surface area contributed by atoms with Crippen LogP contribution in [0.4, 0.5) is 0 Å². The van der Waals surface area contributed by atoms with Gasteiger partial charge in [-0.2, -0.15) is 0 Å². The van der Waals surface area contributed by atoms with Gasteiger partial charge >= 0.3 is 5.97 Å². The largest absolute Gasteiger partial charge is 0.507 e. The SMILES string of the molecule is Cc1ccc(C(=O)NCCC(=O)N2Cc3nnc(C)n3CC2C(=O)O)c(O)c1. The maximum absolute atomic E-state index is 12.6. The molecule has 2 heterocycles. The van der Waals surface area contributed by atoms with Gasteiger partial charge in [0.25, 0.3) is 5.91 Å². The van der Waals surface area contributed by atoms with Crippen molar-refractivity contribution < 1.29 is 24.6 Å². The number of carboxylic acid groups (broad SMARTS) is 1. The van der Waals surface area contributed by atoms with Gasteiger partial charge in [-0.1, -0.05) is 6.07 Å². The molecule has 0 saturated heterocycles. The van der Waals surface area contributed by atoms with E-state index in [2.05, 4.69) is 15.5 Å². The van der Waals surface area contributed by atoms with Crippen molar-refractivity contribution in [3.8, 4) is 5.75 Å². The molecule has 1 aliphatic heterocycles. The second-order valence-corrected chi connectivity index (χ2v) is 6.68. The molecule has 1 aromatic carbocycles. The lowest BCUT2D eigenvalue weighted by Gasteiger charge is -2.33. The first-order chi connectivity index (χ1) is 13.3. The Hall–Kier alpha value is -3.43.